The van der Waals surface area contributed by atoms with E-state index < -0.39 is 9.84 Å². The Balaban J connectivity index is 1.64. The van der Waals surface area contributed by atoms with Gasteiger partial charge in [-0.25, -0.2) is 18.4 Å². The number of nitrogens with zero attached hydrogens (tertiary/aromatic N) is 4. The zero-order chi connectivity index (χ0) is 25.7. The Morgan fingerprint density at radius 1 is 1.06 bits per heavy atom. The third-order valence-electron chi connectivity index (χ3n) is 5.96. The van der Waals surface area contributed by atoms with Gasteiger partial charge in [-0.1, -0.05) is 12.1 Å². The van der Waals surface area contributed by atoms with Gasteiger partial charge in [0, 0.05) is 38.0 Å². The van der Waals surface area contributed by atoms with Crippen molar-refractivity contribution >= 4 is 26.8 Å². The average molecular weight is 516 g/mol. The van der Waals surface area contributed by atoms with Crippen molar-refractivity contribution in [3.05, 3.63) is 46.8 Å². The first-order chi connectivity index (χ1) is 17.2. The van der Waals surface area contributed by atoms with Crippen molar-refractivity contribution in [1.82, 2.24) is 19.4 Å². The van der Waals surface area contributed by atoms with Crippen LogP contribution in [0.1, 0.15) is 13.8 Å². The van der Waals surface area contributed by atoms with E-state index in [0.29, 0.717) is 36.6 Å². The van der Waals surface area contributed by atoms with Crippen LogP contribution in [0.25, 0.3) is 22.4 Å². The van der Waals surface area contributed by atoms with Gasteiger partial charge in [-0.15, -0.1) is 0 Å². The smallest absolute Gasteiger partial charge is 0.295 e. The molecule has 2 aromatic heterocycles. The van der Waals surface area contributed by atoms with Gasteiger partial charge >= 0.3 is 0 Å². The molecule has 0 radical (unpaired) electrons. The summed E-state index contributed by atoms with van der Waals surface area (Å²) in [6.45, 7) is 9.17. The highest BCUT2D eigenvalue weighted by Crippen LogP contribution is 2.22. The van der Waals surface area contributed by atoms with Crippen molar-refractivity contribution in [3.8, 4) is 11.3 Å². The lowest BCUT2D eigenvalue weighted by molar-refractivity contribution is 0.0398. The van der Waals surface area contributed by atoms with Crippen LogP contribution in [0.3, 0.4) is 0 Å². The lowest BCUT2D eigenvalue weighted by Crippen LogP contribution is -2.39. The highest BCUT2D eigenvalue weighted by Gasteiger charge is 2.15. The number of nitrogens with one attached hydrogen (secondary N) is 1. The summed E-state index contributed by atoms with van der Waals surface area (Å²) in [4.78, 5) is 25.2. The maximum Gasteiger partial charge on any atom is 0.295 e. The Kier molecular flexibility index (Phi) is 8.35. The van der Waals surface area contributed by atoms with Crippen molar-refractivity contribution < 1.29 is 17.9 Å². The summed E-state index contributed by atoms with van der Waals surface area (Å²) in [5.74, 6) is 0.285. The van der Waals surface area contributed by atoms with Gasteiger partial charge in [-0.05, 0) is 38.1 Å². The molecule has 0 aliphatic carbocycles. The summed E-state index contributed by atoms with van der Waals surface area (Å²) in [5, 5.41) is 3.21. The minimum Gasteiger partial charge on any atom is -0.379 e. The van der Waals surface area contributed by atoms with Crippen LogP contribution in [0.4, 0.5) is 5.82 Å². The van der Waals surface area contributed by atoms with Crippen LogP contribution < -0.4 is 10.9 Å². The van der Waals surface area contributed by atoms with Crippen molar-refractivity contribution in [3.63, 3.8) is 0 Å². The SMILES string of the molecule is CC(C)OCCn1c(=O)c(NCCN2CCOCC2)nc2ccc(-c3ccc(S(C)(=O)=O)cc3)nc21. The quantitative estimate of drug-likeness (QED) is 0.433. The van der Waals surface area contributed by atoms with E-state index in [9.17, 15) is 13.2 Å². The lowest BCUT2D eigenvalue weighted by atomic mass is 10.1. The Morgan fingerprint density at radius 2 is 1.78 bits per heavy atom. The summed E-state index contributed by atoms with van der Waals surface area (Å²) in [6, 6.07) is 10.2. The Bertz CT molecular complexity index is 1350. The van der Waals surface area contributed by atoms with E-state index in [4.69, 9.17) is 14.5 Å². The molecule has 10 nitrogen and oxygen atoms in total. The number of ether oxygens (including phenoxy) is 2. The lowest BCUT2D eigenvalue weighted by Gasteiger charge is -2.26. The number of fused-ring (bicyclic) bond motifs is 1. The molecule has 1 N–H and O–H groups in total. The maximum atomic E-state index is 13.4. The Morgan fingerprint density at radius 3 is 2.44 bits per heavy atom. The molecule has 1 aliphatic heterocycles. The summed E-state index contributed by atoms with van der Waals surface area (Å²) in [7, 11) is -3.29. The normalized spacial score (nSPS) is 15.0. The first kappa shape index (κ1) is 26.2. The molecule has 0 atom stereocenters. The predicted octanol–water partition coefficient (Wildman–Crippen LogP) is 2.03. The van der Waals surface area contributed by atoms with E-state index in [-0.39, 0.29) is 22.4 Å². The first-order valence-electron chi connectivity index (χ1n) is 12.1. The van der Waals surface area contributed by atoms with Gasteiger partial charge in [0.15, 0.2) is 21.3 Å². The van der Waals surface area contributed by atoms with Gasteiger partial charge in [0.05, 0.1) is 43.1 Å². The highest BCUT2D eigenvalue weighted by atomic mass is 32.2. The van der Waals surface area contributed by atoms with Crippen molar-refractivity contribution in [1.29, 1.82) is 0 Å². The molecule has 0 saturated carbocycles. The summed E-state index contributed by atoms with van der Waals surface area (Å²) in [6.07, 6.45) is 1.21. The molecular formula is C25H33N5O5S. The monoisotopic (exact) mass is 515 g/mol. The van der Waals surface area contributed by atoms with E-state index in [2.05, 4.69) is 15.2 Å². The molecule has 1 aromatic carbocycles. The molecule has 0 spiro atoms. The van der Waals surface area contributed by atoms with Crippen LogP contribution >= 0.6 is 0 Å². The molecule has 0 unspecified atom stereocenters. The number of rotatable bonds is 10. The maximum absolute atomic E-state index is 13.4. The van der Waals surface area contributed by atoms with Gasteiger partial charge in [0.2, 0.25) is 0 Å². The zero-order valence-electron chi connectivity index (χ0n) is 20.9. The minimum atomic E-state index is -3.29. The molecule has 3 heterocycles. The second kappa shape index (κ2) is 11.5. The molecule has 36 heavy (non-hydrogen) atoms. The third kappa shape index (κ3) is 6.47. The number of hydrogen-bond donors (Lipinski definition) is 1. The standard InChI is InChI=1S/C25H33N5O5S/c1-18(2)35-17-14-30-24-22(27-23(25(30)31)26-10-11-29-12-15-34-16-13-29)9-8-21(28-24)19-4-6-20(7-5-19)36(3,32)33/h4-9,18H,10-17H2,1-3H3,(H,26,27). The van der Waals surface area contributed by atoms with Crippen molar-refractivity contribution in [2.24, 2.45) is 0 Å². The molecule has 194 valence electrons. The molecule has 4 rings (SSSR count). The first-order valence-corrected chi connectivity index (χ1v) is 14.0. The van der Waals surface area contributed by atoms with E-state index in [1.807, 2.05) is 26.0 Å². The van der Waals surface area contributed by atoms with Gasteiger partial charge in [0.25, 0.3) is 5.56 Å². The number of sulfone groups is 1. The van der Waals surface area contributed by atoms with Crippen LogP contribution in [-0.2, 0) is 25.9 Å². The van der Waals surface area contributed by atoms with Gasteiger partial charge in [-0.3, -0.25) is 14.3 Å². The average Bonchev–Trinajstić information content (AvgIpc) is 2.86. The Labute approximate surface area is 211 Å². The second-order valence-corrected chi connectivity index (χ2v) is 11.1. The molecule has 0 amide bonds. The number of hydrogen-bond acceptors (Lipinski definition) is 9. The highest BCUT2D eigenvalue weighted by molar-refractivity contribution is 7.90. The summed E-state index contributed by atoms with van der Waals surface area (Å²) in [5.41, 5.74) is 2.15. The number of aromatic nitrogens is 3. The predicted molar refractivity (Wildman–Crippen MR) is 139 cm³/mol. The number of pyridine rings is 1. The zero-order valence-corrected chi connectivity index (χ0v) is 21.8. The molecular weight excluding hydrogens is 482 g/mol. The molecule has 0 bridgehead atoms. The molecule has 1 fully saturated rings. The van der Waals surface area contributed by atoms with Crippen LogP contribution in [0.15, 0.2) is 46.1 Å². The van der Waals surface area contributed by atoms with Crippen molar-refractivity contribution in [2.45, 2.75) is 31.4 Å². The minimum absolute atomic E-state index is 0.0387. The Hall–Kier alpha value is -2.86. The fraction of sp³-hybridized carbons (Fsp3) is 0.480. The summed E-state index contributed by atoms with van der Waals surface area (Å²) >= 11 is 0. The largest absolute Gasteiger partial charge is 0.379 e. The van der Waals surface area contributed by atoms with Crippen LogP contribution in [0.2, 0.25) is 0 Å². The summed E-state index contributed by atoms with van der Waals surface area (Å²) < 4.78 is 36.3. The van der Waals surface area contributed by atoms with Crippen LogP contribution in [-0.4, -0.2) is 86.2 Å². The van der Waals surface area contributed by atoms with E-state index >= 15 is 0 Å². The van der Waals surface area contributed by atoms with Crippen LogP contribution in [0, 0.1) is 0 Å². The van der Waals surface area contributed by atoms with Crippen LogP contribution in [0.5, 0.6) is 0 Å². The van der Waals surface area contributed by atoms with Crippen molar-refractivity contribution in [2.75, 3.05) is 57.6 Å². The van der Waals surface area contributed by atoms with E-state index in [0.717, 1.165) is 38.4 Å². The van der Waals surface area contributed by atoms with E-state index in [1.165, 1.54) is 6.26 Å². The molecule has 11 heteroatoms. The molecule has 1 aliphatic rings. The molecule has 1 saturated heterocycles. The van der Waals surface area contributed by atoms with Gasteiger partial charge in [0.1, 0.15) is 5.52 Å². The third-order valence-corrected chi connectivity index (χ3v) is 7.09. The second-order valence-electron chi connectivity index (χ2n) is 9.05. The number of morpholine rings is 1. The number of anilines is 1. The fourth-order valence-corrected chi connectivity index (χ4v) is 4.64. The topological polar surface area (TPSA) is 116 Å². The fourth-order valence-electron chi connectivity index (χ4n) is 4.01. The van der Waals surface area contributed by atoms with Gasteiger partial charge in [-0.2, -0.15) is 0 Å². The van der Waals surface area contributed by atoms with E-state index in [1.54, 1.807) is 28.8 Å². The molecule has 3 aromatic rings. The van der Waals surface area contributed by atoms with Gasteiger partial charge < -0.3 is 14.8 Å². The number of benzene rings is 1.